The van der Waals surface area contributed by atoms with E-state index >= 15 is 0 Å². The number of carbonyl (C=O) groups excluding carboxylic acids is 2. The lowest BCUT2D eigenvalue weighted by atomic mass is 10.2. The van der Waals surface area contributed by atoms with Crippen molar-refractivity contribution in [3.8, 4) is 0 Å². The van der Waals surface area contributed by atoms with Gasteiger partial charge in [-0.15, -0.1) is 0 Å². The van der Waals surface area contributed by atoms with Gasteiger partial charge in [0, 0.05) is 4.47 Å². The van der Waals surface area contributed by atoms with Gasteiger partial charge in [0.1, 0.15) is 13.2 Å². The van der Waals surface area contributed by atoms with E-state index in [1.807, 2.05) is 30.3 Å². The van der Waals surface area contributed by atoms with Crippen molar-refractivity contribution >= 4 is 39.5 Å². The zero-order chi connectivity index (χ0) is 21.1. The molecule has 2 rings (SSSR count). The Kier molecular flexibility index (Phi) is 8.72. The summed E-state index contributed by atoms with van der Waals surface area (Å²) < 4.78 is 11.1. The van der Waals surface area contributed by atoms with Gasteiger partial charge in [-0.1, -0.05) is 77.6 Å². The first-order valence-corrected chi connectivity index (χ1v) is 9.46. The van der Waals surface area contributed by atoms with Crippen molar-refractivity contribution in [2.45, 2.75) is 6.61 Å². The Bertz CT molecular complexity index is 910. The summed E-state index contributed by atoms with van der Waals surface area (Å²) in [5.74, 6) is 0. The first kappa shape index (κ1) is 22.0. The van der Waals surface area contributed by atoms with E-state index in [-0.39, 0.29) is 13.2 Å². The molecule has 0 atom stereocenters. The Hall–Kier alpha value is -3.32. The summed E-state index contributed by atoms with van der Waals surface area (Å²) in [6.45, 7) is 7.40. The van der Waals surface area contributed by atoms with E-state index in [0.717, 1.165) is 10.0 Å². The standard InChI is InChI=1S/C22H21BrN2O4/c1-3-8-16(4-2)14-28-21(26)24-19-12-11-18(23)13-20(19)25-22(27)29-15-17-9-6-5-7-10-17/h3-13H,1-2,14-15H2,(H,24,26)(H,25,27)/b16-8+. The largest absolute Gasteiger partial charge is 0.444 e. The maximum atomic E-state index is 12.1. The number of rotatable bonds is 8. The highest BCUT2D eigenvalue weighted by atomic mass is 79.9. The average Bonchev–Trinajstić information content (AvgIpc) is 2.72. The minimum Gasteiger partial charge on any atom is -0.444 e. The molecule has 7 heteroatoms. The van der Waals surface area contributed by atoms with Crippen molar-refractivity contribution in [3.05, 3.63) is 95.5 Å². The van der Waals surface area contributed by atoms with Crippen LogP contribution in [-0.4, -0.2) is 18.8 Å². The number of ether oxygens (including phenoxy) is 2. The lowest BCUT2D eigenvalue weighted by Gasteiger charge is -2.13. The molecule has 0 aliphatic heterocycles. The number of hydrogen-bond donors (Lipinski definition) is 2. The van der Waals surface area contributed by atoms with Crippen LogP contribution in [0, 0.1) is 0 Å². The number of amides is 2. The van der Waals surface area contributed by atoms with Gasteiger partial charge < -0.3 is 9.47 Å². The van der Waals surface area contributed by atoms with Gasteiger partial charge in [0.05, 0.1) is 11.4 Å². The van der Waals surface area contributed by atoms with Crippen LogP contribution in [0.5, 0.6) is 0 Å². The average molecular weight is 457 g/mol. The molecule has 0 aliphatic carbocycles. The molecule has 0 aliphatic rings. The SMILES string of the molecule is C=C/C=C(\C=C)COC(=O)Nc1ccc(Br)cc1NC(=O)OCc1ccccc1. The molecule has 0 heterocycles. The monoisotopic (exact) mass is 456 g/mol. The van der Waals surface area contributed by atoms with Crippen LogP contribution in [0.4, 0.5) is 21.0 Å². The van der Waals surface area contributed by atoms with Gasteiger partial charge in [-0.05, 0) is 29.3 Å². The second-order valence-electron chi connectivity index (χ2n) is 5.76. The van der Waals surface area contributed by atoms with E-state index in [2.05, 4.69) is 39.7 Å². The van der Waals surface area contributed by atoms with E-state index in [1.165, 1.54) is 0 Å². The van der Waals surface area contributed by atoms with Crippen LogP contribution in [-0.2, 0) is 16.1 Å². The van der Waals surface area contributed by atoms with Gasteiger partial charge in [0.15, 0.2) is 0 Å². The van der Waals surface area contributed by atoms with E-state index in [0.29, 0.717) is 16.9 Å². The Balaban J connectivity index is 1.98. The van der Waals surface area contributed by atoms with E-state index < -0.39 is 12.2 Å². The number of carbonyl (C=O) groups is 2. The molecule has 0 bridgehead atoms. The Morgan fingerprint density at radius 1 is 0.966 bits per heavy atom. The van der Waals surface area contributed by atoms with Gasteiger partial charge in [-0.25, -0.2) is 9.59 Å². The molecular formula is C22H21BrN2O4. The second kappa shape index (κ2) is 11.5. The summed E-state index contributed by atoms with van der Waals surface area (Å²) in [5.41, 5.74) is 2.29. The summed E-state index contributed by atoms with van der Waals surface area (Å²) in [7, 11) is 0. The summed E-state index contributed by atoms with van der Waals surface area (Å²) in [4.78, 5) is 24.2. The predicted octanol–water partition coefficient (Wildman–Crippen LogP) is 6.04. The summed E-state index contributed by atoms with van der Waals surface area (Å²) >= 11 is 3.34. The number of benzene rings is 2. The van der Waals surface area contributed by atoms with E-state index in [4.69, 9.17) is 9.47 Å². The smallest absolute Gasteiger partial charge is 0.412 e. The first-order valence-electron chi connectivity index (χ1n) is 8.67. The van der Waals surface area contributed by atoms with Crippen molar-refractivity contribution in [2.24, 2.45) is 0 Å². The summed E-state index contributed by atoms with van der Waals surface area (Å²) in [5, 5.41) is 5.22. The molecular weight excluding hydrogens is 436 g/mol. The molecule has 0 spiro atoms. The highest BCUT2D eigenvalue weighted by molar-refractivity contribution is 9.10. The zero-order valence-corrected chi connectivity index (χ0v) is 17.3. The van der Waals surface area contributed by atoms with Crippen LogP contribution in [0.1, 0.15) is 5.56 Å². The van der Waals surface area contributed by atoms with Crippen LogP contribution in [0.15, 0.2) is 90.0 Å². The molecule has 6 nitrogen and oxygen atoms in total. The van der Waals surface area contributed by atoms with Crippen molar-refractivity contribution in [3.63, 3.8) is 0 Å². The third-order valence-corrected chi connectivity index (χ3v) is 4.13. The number of allylic oxidation sites excluding steroid dienone is 2. The fourth-order valence-electron chi connectivity index (χ4n) is 2.22. The summed E-state index contributed by atoms with van der Waals surface area (Å²) in [6, 6.07) is 14.3. The molecule has 0 fully saturated rings. The maximum absolute atomic E-state index is 12.1. The van der Waals surface area contributed by atoms with Gasteiger partial charge in [0.25, 0.3) is 0 Å². The third-order valence-electron chi connectivity index (χ3n) is 3.63. The minimum atomic E-state index is -0.676. The Morgan fingerprint density at radius 3 is 2.34 bits per heavy atom. The fourth-order valence-corrected chi connectivity index (χ4v) is 2.58. The first-order chi connectivity index (χ1) is 14.0. The topological polar surface area (TPSA) is 76.7 Å². The molecule has 150 valence electrons. The quantitative estimate of drug-likeness (QED) is 0.474. The minimum absolute atomic E-state index is 0.0414. The lowest BCUT2D eigenvalue weighted by Crippen LogP contribution is -2.18. The highest BCUT2D eigenvalue weighted by Crippen LogP contribution is 2.26. The fraction of sp³-hybridized carbons (Fsp3) is 0.0909. The molecule has 2 aromatic carbocycles. The maximum Gasteiger partial charge on any atom is 0.412 e. The second-order valence-corrected chi connectivity index (χ2v) is 6.67. The third kappa shape index (κ3) is 7.67. The van der Waals surface area contributed by atoms with Crippen LogP contribution < -0.4 is 10.6 Å². The number of nitrogens with one attached hydrogen (secondary N) is 2. The van der Waals surface area contributed by atoms with Crippen LogP contribution >= 0.6 is 15.9 Å². The molecule has 0 aromatic heterocycles. The van der Waals surface area contributed by atoms with Crippen molar-refractivity contribution in [1.29, 1.82) is 0 Å². The van der Waals surface area contributed by atoms with Crippen molar-refractivity contribution in [1.82, 2.24) is 0 Å². The molecule has 0 saturated carbocycles. The number of anilines is 2. The number of hydrogen-bond acceptors (Lipinski definition) is 4. The van der Waals surface area contributed by atoms with E-state index in [1.54, 1.807) is 36.4 Å². The molecule has 29 heavy (non-hydrogen) atoms. The highest BCUT2D eigenvalue weighted by Gasteiger charge is 2.12. The summed E-state index contributed by atoms with van der Waals surface area (Å²) in [6.07, 6.45) is 3.52. The van der Waals surface area contributed by atoms with Gasteiger partial charge in [0.2, 0.25) is 0 Å². The van der Waals surface area contributed by atoms with Crippen molar-refractivity contribution in [2.75, 3.05) is 17.2 Å². The lowest BCUT2D eigenvalue weighted by molar-refractivity contribution is 0.155. The molecule has 2 amide bonds. The molecule has 0 saturated heterocycles. The Morgan fingerprint density at radius 2 is 1.66 bits per heavy atom. The van der Waals surface area contributed by atoms with Gasteiger partial charge >= 0.3 is 12.2 Å². The molecule has 2 N–H and O–H groups in total. The predicted molar refractivity (Wildman–Crippen MR) is 118 cm³/mol. The molecule has 0 radical (unpaired) electrons. The van der Waals surface area contributed by atoms with Gasteiger partial charge in [-0.2, -0.15) is 0 Å². The van der Waals surface area contributed by atoms with Crippen LogP contribution in [0.25, 0.3) is 0 Å². The van der Waals surface area contributed by atoms with E-state index in [9.17, 15) is 9.59 Å². The normalized spacial score (nSPS) is 10.6. The van der Waals surface area contributed by atoms with Gasteiger partial charge in [-0.3, -0.25) is 10.6 Å². The van der Waals surface area contributed by atoms with Crippen molar-refractivity contribution < 1.29 is 19.1 Å². The Labute approximate surface area is 178 Å². The molecule has 2 aromatic rings. The zero-order valence-electron chi connectivity index (χ0n) is 15.7. The van der Waals surface area contributed by atoms with Crippen LogP contribution in [0.3, 0.4) is 0 Å². The van der Waals surface area contributed by atoms with Crippen LogP contribution in [0.2, 0.25) is 0 Å². The number of halogens is 1. The molecule has 0 unspecified atom stereocenters.